The fraction of sp³-hybridized carbons (Fsp3) is 0.786. The second kappa shape index (κ2) is 5.18. The molecule has 0 radical (unpaired) electrons. The maximum Gasteiger partial charge on any atom is 0.293 e. The minimum atomic E-state index is -0.205. The minimum absolute atomic E-state index is 0.156. The maximum absolute atomic E-state index is 12.6. The van der Waals surface area contributed by atoms with Crippen LogP contribution >= 0.6 is 11.6 Å². The summed E-state index contributed by atoms with van der Waals surface area (Å²) >= 11 is 5.89. The van der Waals surface area contributed by atoms with E-state index in [1.165, 1.54) is 17.5 Å². The van der Waals surface area contributed by atoms with Crippen LogP contribution in [-0.4, -0.2) is 63.0 Å². The smallest absolute Gasteiger partial charge is 0.293 e. The SMILES string of the molecule is Cn1nc(C(=O)N2CCOC3(C[C@H]4CC[C@@H](C3)N4)C2)nc1Cl. The molecule has 4 rings (SSSR count). The standard InChI is InChI=1S/C14H20ClN5O2/c1-19-13(15)17-11(18-19)12(21)20-4-5-22-14(8-20)6-9-2-3-10(7-14)16-9/h9-10,16H,2-8H2,1H3/t9-,10+,14?. The molecule has 1 unspecified atom stereocenters. The number of halogens is 1. The Morgan fingerprint density at radius 3 is 2.77 bits per heavy atom. The van der Waals surface area contributed by atoms with E-state index in [0.717, 1.165) is 12.8 Å². The molecule has 1 aromatic rings. The number of hydrogen-bond donors (Lipinski definition) is 1. The molecular weight excluding hydrogens is 306 g/mol. The lowest BCUT2D eigenvalue weighted by Crippen LogP contribution is -2.60. The lowest BCUT2D eigenvalue weighted by molar-refractivity contribution is -0.122. The first-order chi connectivity index (χ1) is 10.5. The molecular formula is C14H20ClN5O2. The quantitative estimate of drug-likeness (QED) is 0.818. The second-order valence-corrected chi connectivity index (χ2v) is 6.97. The van der Waals surface area contributed by atoms with Crippen LogP contribution in [0.3, 0.4) is 0 Å². The van der Waals surface area contributed by atoms with E-state index < -0.39 is 0 Å². The van der Waals surface area contributed by atoms with E-state index in [-0.39, 0.29) is 22.6 Å². The Kier molecular flexibility index (Phi) is 3.39. The van der Waals surface area contributed by atoms with Crippen LogP contribution in [0.4, 0.5) is 0 Å². The highest BCUT2D eigenvalue weighted by Gasteiger charge is 2.47. The third-order valence-electron chi connectivity index (χ3n) is 5.01. The summed E-state index contributed by atoms with van der Waals surface area (Å²) in [6, 6.07) is 1.05. The Bertz CT molecular complexity index is 573. The molecule has 0 aromatic carbocycles. The number of carbonyl (C=O) groups excluding carboxylic acids is 1. The molecule has 4 heterocycles. The van der Waals surface area contributed by atoms with Crippen LogP contribution in [0.5, 0.6) is 0 Å². The number of carbonyl (C=O) groups is 1. The molecule has 1 spiro atoms. The topological polar surface area (TPSA) is 72.3 Å². The summed E-state index contributed by atoms with van der Waals surface area (Å²) < 4.78 is 7.54. The summed E-state index contributed by atoms with van der Waals surface area (Å²) in [6.45, 7) is 1.78. The van der Waals surface area contributed by atoms with E-state index in [1.807, 2.05) is 4.90 Å². The van der Waals surface area contributed by atoms with E-state index in [4.69, 9.17) is 16.3 Å². The number of rotatable bonds is 1. The van der Waals surface area contributed by atoms with Gasteiger partial charge in [-0.25, -0.2) is 4.68 Å². The molecule has 1 amide bonds. The number of piperidine rings is 1. The van der Waals surface area contributed by atoms with Gasteiger partial charge >= 0.3 is 0 Å². The number of nitrogens with one attached hydrogen (secondary N) is 1. The van der Waals surface area contributed by atoms with Gasteiger partial charge in [-0.3, -0.25) is 4.79 Å². The van der Waals surface area contributed by atoms with E-state index >= 15 is 0 Å². The Morgan fingerprint density at radius 2 is 2.14 bits per heavy atom. The molecule has 3 fully saturated rings. The zero-order chi connectivity index (χ0) is 15.3. The normalized spacial score (nSPS) is 34.4. The molecule has 7 nitrogen and oxygen atoms in total. The summed E-state index contributed by atoms with van der Waals surface area (Å²) in [4.78, 5) is 18.5. The van der Waals surface area contributed by atoms with Crippen LogP contribution in [0.25, 0.3) is 0 Å². The summed E-state index contributed by atoms with van der Waals surface area (Å²) in [7, 11) is 1.68. The molecule has 0 saturated carbocycles. The van der Waals surface area contributed by atoms with Crippen molar-refractivity contribution in [2.45, 2.75) is 43.4 Å². The second-order valence-electron chi connectivity index (χ2n) is 6.63. The van der Waals surface area contributed by atoms with Gasteiger partial charge in [0.1, 0.15) is 0 Å². The summed E-state index contributed by atoms with van der Waals surface area (Å²) in [5, 5.41) is 7.94. The monoisotopic (exact) mass is 325 g/mol. The van der Waals surface area contributed by atoms with Gasteiger partial charge in [0.05, 0.1) is 18.8 Å². The molecule has 3 atom stereocenters. The van der Waals surface area contributed by atoms with Crippen molar-refractivity contribution in [1.29, 1.82) is 0 Å². The number of hydrogen-bond acceptors (Lipinski definition) is 5. The van der Waals surface area contributed by atoms with Gasteiger partial charge in [0.25, 0.3) is 5.91 Å². The average Bonchev–Trinajstić information content (AvgIpc) is 3.01. The van der Waals surface area contributed by atoms with E-state index in [2.05, 4.69) is 15.4 Å². The number of ether oxygens (including phenoxy) is 1. The zero-order valence-electron chi connectivity index (χ0n) is 12.6. The van der Waals surface area contributed by atoms with Crippen molar-refractivity contribution in [2.24, 2.45) is 7.05 Å². The Morgan fingerprint density at radius 1 is 1.41 bits per heavy atom. The van der Waals surface area contributed by atoms with Crippen molar-refractivity contribution < 1.29 is 9.53 Å². The molecule has 8 heteroatoms. The molecule has 2 bridgehead atoms. The Hall–Kier alpha value is -1.18. The predicted molar refractivity (Wildman–Crippen MR) is 79.8 cm³/mol. The van der Waals surface area contributed by atoms with Crippen molar-refractivity contribution in [2.75, 3.05) is 19.7 Å². The van der Waals surface area contributed by atoms with Crippen LogP contribution in [0.1, 0.15) is 36.3 Å². The number of aryl methyl sites for hydroxylation is 1. The molecule has 22 heavy (non-hydrogen) atoms. The van der Waals surface area contributed by atoms with Crippen molar-refractivity contribution in [3.63, 3.8) is 0 Å². The molecule has 3 saturated heterocycles. The first kappa shape index (κ1) is 14.4. The lowest BCUT2D eigenvalue weighted by Gasteiger charge is -2.47. The van der Waals surface area contributed by atoms with Gasteiger partial charge < -0.3 is 15.0 Å². The molecule has 1 aromatic heterocycles. The number of morpholine rings is 1. The highest BCUT2D eigenvalue weighted by Crippen LogP contribution is 2.38. The van der Waals surface area contributed by atoms with Gasteiger partial charge in [0.15, 0.2) is 0 Å². The van der Waals surface area contributed by atoms with Crippen molar-refractivity contribution in [3.05, 3.63) is 11.1 Å². The van der Waals surface area contributed by atoms with Gasteiger partial charge in [-0.05, 0) is 37.3 Å². The fourth-order valence-electron chi connectivity index (χ4n) is 4.07. The first-order valence-corrected chi connectivity index (χ1v) is 8.18. The van der Waals surface area contributed by atoms with Gasteiger partial charge in [-0.1, -0.05) is 0 Å². The number of amides is 1. The van der Waals surface area contributed by atoms with Crippen LogP contribution in [0, 0.1) is 0 Å². The van der Waals surface area contributed by atoms with Crippen molar-refractivity contribution >= 4 is 17.5 Å². The highest BCUT2D eigenvalue weighted by atomic mass is 35.5. The predicted octanol–water partition coefficient (Wildman–Crippen LogP) is 0.594. The van der Waals surface area contributed by atoms with Gasteiger partial charge in [-0.2, -0.15) is 4.98 Å². The van der Waals surface area contributed by atoms with Crippen molar-refractivity contribution in [3.8, 4) is 0 Å². The van der Waals surface area contributed by atoms with Crippen LogP contribution in [0.2, 0.25) is 5.28 Å². The third-order valence-corrected chi connectivity index (χ3v) is 5.34. The van der Waals surface area contributed by atoms with Gasteiger partial charge in [0, 0.05) is 25.7 Å². The lowest BCUT2D eigenvalue weighted by atomic mass is 9.85. The molecule has 1 N–H and O–H groups in total. The van der Waals surface area contributed by atoms with Crippen molar-refractivity contribution in [1.82, 2.24) is 25.0 Å². The molecule has 3 aliphatic heterocycles. The molecule has 120 valence electrons. The van der Waals surface area contributed by atoms with Crippen LogP contribution in [-0.2, 0) is 11.8 Å². The van der Waals surface area contributed by atoms with E-state index in [0.29, 0.717) is 31.8 Å². The molecule has 0 aliphatic carbocycles. The summed E-state index contributed by atoms with van der Waals surface area (Å²) in [6.07, 6.45) is 4.37. The third kappa shape index (κ3) is 2.41. The number of nitrogens with zero attached hydrogens (tertiary/aromatic N) is 4. The van der Waals surface area contributed by atoms with Crippen LogP contribution in [0.15, 0.2) is 0 Å². The zero-order valence-corrected chi connectivity index (χ0v) is 13.3. The Balaban J connectivity index is 1.52. The maximum atomic E-state index is 12.6. The minimum Gasteiger partial charge on any atom is -0.371 e. The molecule has 3 aliphatic rings. The van der Waals surface area contributed by atoms with Gasteiger partial charge in [0.2, 0.25) is 11.1 Å². The summed E-state index contributed by atoms with van der Waals surface area (Å²) in [5.74, 6) is 0.0116. The number of fused-ring (bicyclic) bond motifs is 2. The van der Waals surface area contributed by atoms with Crippen LogP contribution < -0.4 is 5.32 Å². The van der Waals surface area contributed by atoms with Gasteiger partial charge in [-0.15, -0.1) is 5.10 Å². The fourth-order valence-corrected chi connectivity index (χ4v) is 4.19. The van der Waals surface area contributed by atoms with E-state index in [9.17, 15) is 4.79 Å². The van der Waals surface area contributed by atoms with E-state index in [1.54, 1.807) is 7.05 Å². The Labute approximate surface area is 134 Å². The average molecular weight is 326 g/mol. The highest BCUT2D eigenvalue weighted by molar-refractivity contribution is 6.28. The largest absolute Gasteiger partial charge is 0.371 e. The first-order valence-electron chi connectivity index (χ1n) is 7.80. The number of aromatic nitrogens is 3. The summed E-state index contributed by atoms with van der Waals surface area (Å²) in [5.41, 5.74) is -0.205.